The first-order chi connectivity index (χ1) is 12.9. The van der Waals surface area contributed by atoms with Crippen molar-refractivity contribution in [1.82, 2.24) is 0 Å². The average molecular weight is 370 g/mol. The molecule has 1 N–H and O–H groups in total. The second-order valence-electron chi connectivity index (χ2n) is 6.43. The lowest BCUT2D eigenvalue weighted by atomic mass is 10.1. The molecule has 6 nitrogen and oxygen atoms in total. The Bertz CT molecular complexity index is 816. The fourth-order valence-corrected chi connectivity index (χ4v) is 2.33. The van der Waals surface area contributed by atoms with Crippen molar-refractivity contribution >= 4 is 17.8 Å². The Hall–Kier alpha value is -3.02. The monoisotopic (exact) mass is 370 g/mol. The third kappa shape index (κ3) is 6.33. The number of rotatable bonds is 8. The smallest absolute Gasteiger partial charge is 0.265 e. The van der Waals surface area contributed by atoms with Crippen LogP contribution in [0.25, 0.3) is 0 Å². The summed E-state index contributed by atoms with van der Waals surface area (Å²) in [5, 5.41) is 6.62. The highest BCUT2D eigenvalue weighted by Gasteiger charge is 2.07. The summed E-state index contributed by atoms with van der Waals surface area (Å²) in [6.45, 7) is 7.75. The molecule has 0 heterocycles. The van der Waals surface area contributed by atoms with Crippen molar-refractivity contribution in [2.45, 2.75) is 33.8 Å². The van der Waals surface area contributed by atoms with E-state index < -0.39 is 0 Å². The zero-order valence-corrected chi connectivity index (χ0v) is 16.4. The van der Waals surface area contributed by atoms with Crippen LogP contribution in [0.4, 0.5) is 5.69 Å². The molecule has 0 saturated heterocycles. The standard InChI is InChI=1S/C21H26N2O4/c1-14(2)27-19-9-7-17(11-20(19)25-5)12-22-26-13-21(24)23-18-8-6-15(3)16(4)10-18/h6-12,14H,13H2,1-5H3,(H,23,24)/b22-12-. The third-order valence-corrected chi connectivity index (χ3v) is 3.81. The zero-order chi connectivity index (χ0) is 19.8. The fourth-order valence-electron chi connectivity index (χ4n) is 2.33. The Morgan fingerprint density at radius 1 is 1.11 bits per heavy atom. The molecule has 0 aliphatic carbocycles. The van der Waals surface area contributed by atoms with Gasteiger partial charge in [0.15, 0.2) is 18.1 Å². The minimum absolute atomic E-state index is 0.0533. The van der Waals surface area contributed by atoms with Gasteiger partial charge < -0.3 is 19.6 Å². The topological polar surface area (TPSA) is 69.2 Å². The predicted molar refractivity (Wildman–Crippen MR) is 107 cm³/mol. The second-order valence-corrected chi connectivity index (χ2v) is 6.43. The maximum absolute atomic E-state index is 11.9. The van der Waals surface area contributed by atoms with Gasteiger partial charge in [0.25, 0.3) is 5.91 Å². The fraction of sp³-hybridized carbons (Fsp3) is 0.333. The molecule has 2 aromatic carbocycles. The van der Waals surface area contributed by atoms with Gasteiger partial charge in [0.2, 0.25) is 0 Å². The van der Waals surface area contributed by atoms with Gasteiger partial charge in [-0.05, 0) is 69.2 Å². The van der Waals surface area contributed by atoms with E-state index in [9.17, 15) is 4.79 Å². The number of carbonyl (C=O) groups is 1. The molecule has 27 heavy (non-hydrogen) atoms. The quantitative estimate of drug-likeness (QED) is 0.561. The van der Waals surface area contributed by atoms with Crippen LogP contribution in [-0.2, 0) is 9.63 Å². The van der Waals surface area contributed by atoms with Gasteiger partial charge in [-0.1, -0.05) is 11.2 Å². The molecule has 0 saturated carbocycles. The number of methoxy groups -OCH3 is 1. The van der Waals surface area contributed by atoms with Gasteiger partial charge in [-0.2, -0.15) is 0 Å². The number of nitrogens with zero attached hydrogens (tertiary/aromatic N) is 1. The lowest BCUT2D eigenvalue weighted by Gasteiger charge is -2.13. The van der Waals surface area contributed by atoms with E-state index in [1.54, 1.807) is 13.2 Å². The number of carbonyl (C=O) groups excluding carboxylic acids is 1. The van der Waals surface area contributed by atoms with Crippen LogP contribution in [0, 0.1) is 13.8 Å². The summed E-state index contributed by atoms with van der Waals surface area (Å²) in [4.78, 5) is 17.0. The molecule has 0 spiro atoms. The van der Waals surface area contributed by atoms with E-state index >= 15 is 0 Å². The molecule has 6 heteroatoms. The molecule has 2 rings (SSSR count). The van der Waals surface area contributed by atoms with Crippen molar-refractivity contribution in [3.63, 3.8) is 0 Å². The molecular weight excluding hydrogens is 344 g/mol. The SMILES string of the molecule is COc1cc(/C=N\OCC(=O)Nc2ccc(C)c(C)c2)ccc1OC(C)C. The Morgan fingerprint density at radius 3 is 2.56 bits per heavy atom. The van der Waals surface area contributed by atoms with Gasteiger partial charge >= 0.3 is 0 Å². The highest BCUT2D eigenvalue weighted by molar-refractivity contribution is 5.91. The van der Waals surface area contributed by atoms with Crippen molar-refractivity contribution in [3.8, 4) is 11.5 Å². The first-order valence-corrected chi connectivity index (χ1v) is 8.76. The van der Waals surface area contributed by atoms with Gasteiger partial charge in [-0.25, -0.2) is 0 Å². The Labute approximate surface area is 160 Å². The molecule has 144 valence electrons. The number of hydrogen-bond donors (Lipinski definition) is 1. The first kappa shape index (κ1) is 20.3. The van der Waals surface area contributed by atoms with E-state index in [1.807, 2.05) is 58.0 Å². The van der Waals surface area contributed by atoms with Gasteiger partial charge in [0.05, 0.1) is 19.4 Å². The summed E-state index contributed by atoms with van der Waals surface area (Å²) in [6.07, 6.45) is 1.57. The number of ether oxygens (including phenoxy) is 2. The summed E-state index contributed by atoms with van der Waals surface area (Å²) in [5.74, 6) is 1.01. The molecule has 0 aromatic heterocycles. The van der Waals surface area contributed by atoms with Crippen LogP contribution in [0.2, 0.25) is 0 Å². The second kappa shape index (κ2) is 9.62. The van der Waals surface area contributed by atoms with Gasteiger partial charge in [-0.3, -0.25) is 4.79 Å². The molecule has 0 unspecified atom stereocenters. The Kier molecular flexibility index (Phi) is 7.23. The normalized spacial score (nSPS) is 10.9. The zero-order valence-electron chi connectivity index (χ0n) is 16.4. The maximum atomic E-state index is 11.9. The van der Waals surface area contributed by atoms with Crippen molar-refractivity contribution < 1.29 is 19.1 Å². The van der Waals surface area contributed by atoms with E-state index in [4.69, 9.17) is 14.3 Å². The Balaban J connectivity index is 1.87. The summed E-state index contributed by atoms with van der Waals surface area (Å²) >= 11 is 0. The number of amides is 1. The number of benzene rings is 2. The molecule has 0 radical (unpaired) electrons. The number of anilines is 1. The number of oxime groups is 1. The summed E-state index contributed by atoms with van der Waals surface area (Å²) < 4.78 is 11.0. The maximum Gasteiger partial charge on any atom is 0.265 e. The summed E-state index contributed by atoms with van der Waals surface area (Å²) in [6, 6.07) is 11.2. The molecular formula is C21H26N2O4. The van der Waals surface area contributed by atoms with Gasteiger partial charge in [0, 0.05) is 11.3 Å². The minimum Gasteiger partial charge on any atom is -0.493 e. The first-order valence-electron chi connectivity index (χ1n) is 8.76. The van der Waals surface area contributed by atoms with Crippen LogP contribution in [-0.4, -0.2) is 31.9 Å². The number of nitrogens with one attached hydrogen (secondary N) is 1. The van der Waals surface area contributed by atoms with Crippen LogP contribution in [0.3, 0.4) is 0 Å². The van der Waals surface area contributed by atoms with Gasteiger partial charge in [-0.15, -0.1) is 0 Å². The number of hydrogen-bond acceptors (Lipinski definition) is 5. The lowest BCUT2D eigenvalue weighted by molar-refractivity contribution is -0.120. The Morgan fingerprint density at radius 2 is 1.89 bits per heavy atom. The van der Waals surface area contributed by atoms with Crippen LogP contribution >= 0.6 is 0 Å². The molecule has 0 aliphatic rings. The highest BCUT2D eigenvalue weighted by atomic mass is 16.6. The lowest BCUT2D eigenvalue weighted by Crippen LogP contribution is -2.17. The van der Waals surface area contributed by atoms with E-state index in [0.717, 1.165) is 16.8 Å². The van der Waals surface area contributed by atoms with Crippen molar-refractivity contribution in [2.75, 3.05) is 19.0 Å². The van der Waals surface area contributed by atoms with Crippen LogP contribution in [0.15, 0.2) is 41.6 Å². The van der Waals surface area contributed by atoms with Crippen molar-refractivity contribution in [1.29, 1.82) is 0 Å². The molecule has 1 amide bonds. The predicted octanol–water partition coefficient (Wildman–Crippen LogP) is 4.09. The molecule has 0 aliphatic heterocycles. The van der Waals surface area contributed by atoms with Crippen molar-refractivity contribution in [3.05, 3.63) is 53.1 Å². The van der Waals surface area contributed by atoms with Crippen LogP contribution in [0.5, 0.6) is 11.5 Å². The van der Waals surface area contributed by atoms with E-state index in [1.165, 1.54) is 11.8 Å². The summed E-state index contributed by atoms with van der Waals surface area (Å²) in [5.41, 5.74) is 3.80. The van der Waals surface area contributed by atoms with E-state index in [-0.39, 0.29) is 18.6 Å². The molecule has 0 bridgehead atoms. The van der Waals surface area contributed by atoms with E-state index in [0.29, 0.717) is 11.5 Å². The molecule has 2 aromatic rings. The number of aryl methyl sites for hydroxylation is 2. The molecule has 0 atom stereocenters. The average Bonchev–Trinajstić information content (AvgIpc) is 2.62. The van der Waals surface area contributed by atoms with Crippen LogP contribution in [0.1, 0.15) is 30.5 Å². The van der Waals surface area contributed by atoms with E-state index in [2.05, 4.69) is 10.5 Å². The largest absolute Gasteiger partial charge is 0.493 e. The van der Waals surface area contributed by atoms with Crippen LogP contribution < -0.4 is 14.8 Å². The van der Waals surface area contributed by atoms with Crippen molar-refractivity contribution in [2.24, 2.45) is 5.16 Å². The van der Waals surface area contributed by atoms with Gasteiger partial charge in [0.1, 0.15) is 0 Å². The molecule has 0 fully saturated rings. The minimum atomic E-state index is -0.270. The third-order valence-electron chi connectivity index (χ3n) is 3.81. The highest BCUT2D eigenvalue weighted by Crippen LogP contribution is 2.28. The summed E-state index contributed by atoms with van der Waals surface area (Å²) in [7, 11) is 1.58.